The number of carbonyl (C=O) groups excluding carboxylic acids is 2. The van der Waals surface area contributed by atoms with Gasteiger partial charge in [0.2, 0.25) is 5.91 Å². The average Bonchev–Trinajstić information content (AvgIpc) is 3.70. The summed E-state index contributed by atoms with van der Waals surface area (Å²) >= 11 is 6.24. The summed E-state index contributed by atoms with van der Waals surface area (Å²) in [5.41, 5.74) is 3.84. The first-order valence-electron chi connectivity index (χ1n) is 14.3. The van der Waals surface area contributed by atoms with Crippen LogP contribution in [0, 0.1) is 0 Å². The van der Waals surface area contributed by atoms with Crippen molar-refractivity contribution in [2.24, 2.45) is 0 Å². The summed E-state index contributed by atoms with van der Waals surface area (Å²) in [6, 6.07) is 19.2. The van der Waals surface area contributed by atoms with E-state index in [0.29, 0.717) is 41.5 Å². The summed E-state index contributed by atoms with van der Waals surface area (Å²) in [5.74, 6) is -0.677. The zero-order valence-electron chi connectivity index (χ0n) is 23.9. The first kappa shape index (κ1) is 29.1. The van der Waals surface area contributed by atoms with E-state index in [4.69, 9.17) is 11.6 Å². The van der Waals surface area contributed by atoms with Gasteiger partial charge in [0, 0.05) is 35.4 Å². The summed E-state index contributed by atoms with van der Waals surface area (Å²) in [7, 11) is 0. The van der Waals surface area contributed by atoms with Gasteiger partial charge >= 0.3 is 6.09 Å². The molecule has 3 amide bonds. The van der Waals surface area contributed by atoms with E-state index >= 15 is 0 Å². The maximum atomic E-state index is 13.9. The van der Waals surface area contributed by atoms with E-state index in [1.807, 2.05) is 43.3 Å². The third kappa shape index (κ3) is 5.53. The van der Waals surface area contributed by atoms with Crippen molar-refractivity contribution in [3.8, 4) is 5.69 Å². The maximum Gasteiger partial charge on any atom is 0.408 e. The monoisotopic (exact) mass is 611 g/mol. The van der Waals surface area contributed by atoms with Crippen molar-refractivity contribution < 1.29 is 19.5 Å². The van der Waals surface area contributed by atoms with Gasteiger partial charge in [-0.1, -0.05) is 48.0 Å². The fourth-order valence-electron chi connectivity index (χ4n) is 6.18. The van der Waals surface area contributed by atoms with Gasteiger partial charge in [0.15, 0.2) is 0 Å². The number of nitrogens with one attached hydrogen (secondary N) is 1. The van der Waals surface area contributed by atoms with E-state index in [-0.39, 0.29) is 11.8 Å². The van der Waals surface area contributed by atoms with E-state index in [0.717, 1.165) is 29.5 Å². The van der Waals surface area contributed by atoms with E-state index < -0.39 is 17.7 Å². The van der Waals surface area contributed by atoms with Gasteiger partial charge in [0.1, 0.15) is 12.4 Å². The van der Waals surface area contributed by atoms with Crippen molar-refractivity contribution in [2.75, 3.05) is 18.4 Å². The molecule has 224 valence electrons. The summed E-state index contributed by atoms with van der Waals surface area (Å²) in [4.78, 5) is 42.4. The number of hydrogen-bond donors (Lipinski definition) is 2. The highest BCUT2D eigenvalue weighted by atomic mass is 35.5. The Balaban J connectivity index is 1.25. The molecule has 3 heterocycles. The van der Waals surface area contributed by atoms with Crippen molar-refractivity contribution in [2.45, 2.75) is 37.8 Å². The lowest BCUT2D eigenvalue weighted by atomic mass is 9.89. The minimum absolute atomic E-state index is 0.333. The number of hydrogen-bond acceptors (Lipinski definition) is 6. The second kappa shape index (κ2) is 11.9. The quantitative estimate of drug-likeness (QED) is 0.290. The molecule has 2 aliphatic heterocycles. The predicted molar refractivity (Wildman–Crippen MR) is 164 cm³/mol. The highest BCUT2D eigenvalue weighted by Gasteiger charge is 2.41. The molecule has 2 aliphatic rings. The normalized spacial score (nSPS) is 19.6. The van der Waals surface area contributed by atoms with Crippen LogP contribution in [0.1, 0.15) is 48.1 Å². The number of benzene rings is 3. The standard InChI is InChI=1S/C32H30ClN7O4/c1-32(16-4-17-39(32)31(43)44)23-8-11-25(12-9-23)35-30(42)29-26-6-3-2-5-21(26)15-18-38(29)28(41)14-7-22-19-24(33)10-13-27(22)40-20-34-36-37-40/h2-3,5-14,19-20,29H,4,15-18H2,1H3,(H,35,42)(H,43,44)/t29-,32?/m0/s1. The Morgan fingerprint density at radius 3 is 2.61 bits per heavy atom. The molecular weight excluding hydrogens is 582 g/mol. The highest BCUT2D eigenvalue weighted by Crippen LogP contribution is 2.39. The minimum Gasteiger partial charge on any atom is -0.465 e. The molecule has 6 rings (SSSR count). The number of aromatic nitrogens is 4. The van der Waals surface area contributed by atoms with Crippen LogP contribution in [0.3, 0.4) is 0 Å². The van der Waals surface area contributed by atoms with E-state index in [9.17, 15) is 19.5 Å². The van der Waals surface area contributed by atoms with Crippen molar-refractivity contribution in [3.05, 3.63) is 106 Å². The molecule has 4 aromatic rings. The molecule has 2 N–H and O–H groups in total. The maximum absolute atomic E-state index is 13.9. The molecule has 0 radical (unpaired) electrons. The van der Waals surface area contributed by atoms with Gasteiger partial charge in [0.25, 0.3) is 5.91 Å². The molecule has 0 bridgehead atoms. The van der Waals surface area contributed by atoms with Gasteiger partial charge in [0.05, 0.1) is 11.2 Å². The second-order valence-electron chi connectivity index (χ2n) is 11.1. The number of fused-ring (bicyclic) bond motifs is 1. The molecule has 0 aliphatic carbocycles. The molecule has 3 aromatic carbocycles. The highest BCUT2D eigenvalue weighted by molar-refractivity contribution is 6.30. The Hall–Kier alpha value is -5.03. The number of likely N-dealkylation sites (tertiary alicyclic amines) is 1. The van der Waals surface area contributed by atoms with Gasteiger partial charge in [-0.3, -0.25) is 14.5 Å². The molecule has 1 saturated heterocycles. The SMILES string of the molecule is CC1(c2ccc(NC(=O)[C@@H]3c4ccccc4CCN3C(=O)C=Cc3cc(Cl)ccc3-n3cnnn3)cc2)CCCN1C(=O)O. The van der Waals surface area contributed by atoms with Crippen molar-refractivity contribution in [1.82, 2.24) is 30.0 Å². The third-order valence-electron chi connectivity index (χ3n) is 8.45. The first-order valence-corrected chi connectivity index (χ1v) is 14.6. The Bertz CT molecular complexity index is 1740. The van der Waals surface area contributed by atoms with E-state index in [2.05, 4.69) is 20.8 Å². The van der Waals surface area contributed by atoms with Crippen LogP contribution in [0.2, 0.25) is 5.02 Å². The smallest absolute Gasteiger partial charge is 0.408 e. The van der Waals surface area contributed by atoms with Gasteiger partial charge in [-0.05, 0) is 89.7 Å². The fraction of sp³-hybridized carbons (Fsp3) is 0.250. The van der Waals surface area contributed by atoms with Crippen LogP contribution in [0.5, 0.6) is 0 Å². The first-order chi connectivity index (χ1) is 21.2. The molecule has 0 saturated carbocycles. The van der Waals surface area contributed by atoms with Crippen LogP contribution in [-0.4, -0.2) is 66.1 Å². The van der Waals surface area contributed by atoms with Crippen LogP contribution in [-0.2, 0) is 21.5 Å². The van der Waals surface area contributed by atoms with Crippen LogP contribution in [0.25, 0.3) is 11.8 Å². The summed E-state index contributed by atoms with van der Waals surface area (Å²) < 4.78 is 1.48. The third-order valence-corrected chi connectivity index (χ3v) is 8.69. The van der Waals surface area contributed by atoms with Gasteiger partial charge < -0.3 is 15.3 Å². The average molecular weight is 612 g/mol. The lowest BCUT2D eigenvalue weighted by molar-refractivity contribution is -0.135. The lowest BCUT2D eigenvalue weighted by Gasteiger charge is -2.36. The number of carbonyl (C=O) groups is 3. The minimum atomic E-state index is -0.945. The summed E-state index contributed by atoms with van der Waals surface area (Å²) in [6.07, 6.45) is 5.70. The number of anilines is 1. The topological polar surface area (TPSA) is 134 Å². The van der Waals surface area contributed by atoms with Crippen molar-refractivity contribution in [3.63, 3.8) is 0 Å². The van der Waals surface area contributed by atoms with Crippen LogP contribution >= 0.6 is 11.6 Å². The van der Waals surface area contributed by atoms with E-state index in [1.165, 1.54) is 22.0 Å². The zero-order valence-corrected chi connectivity index (χ0v) is 24.7. The number of tetrazole rings is 1. The molecule has 1 unspecified atom stereocenters. The molecule has 1 fully saturated rings. The Morgan fingerprint density at radius 2 is 1.86 bits per heavy atom. The second-order valence-corrected chi connectivity index (χ2v) is 11.5. The Kier molecular flexibility index (Phi) is 7.88. The molecule has 2 atom stereocenters. The Labute approximate surface area is 258 Å². The molecule has 11 nitrogen and oxygen atoms in total. The van der Waals surface area contributed by atoms with Gasteiger partial charge in [-0.2, -0.15) is 4.68 Å². The molecule has 1 aromatic heterocycles. The van der Waals surface area contributed by atoms with Gasteiger partial charge in [-0.15, -0.1) is 5.10 Å². The zero-order chi connectivity index (χ0) is 30.8. The largest absolute Gasteiger partial charge is 0.465 e. The van der Waals surface area contributed by atoms with Crippen LogP contribution in [0.15, 0.2) is 79.1 Å². The van der Waals surface area contributed by atoms with Crippen LogP contribution < -0.4 is 5.32 Å². The molecule has 12 heteroatoms. The van der Waals surface area contributed by atoms with Gasteiger partial charge in [-0.25, -0.2) is 4.79 Å². The van der Waals surface area contributed by atoms with Crippen molar-refractivity contribution >= 4 is 41.3 Å². The number of nitrogens with zero attached hydrogens (tertiary/aromatic N) is 6. The number of rotatable bonds is 6. The van der Waals surface area contributed by atoms with Crippen LogP contribution in [0.4, 0.5) is 10.5 Å². The number of carboxylic acid groups (broad SMARTS) is 1. The number of halogens is 1. The van der Waals surface area contributed by atoms with Crippen molar-refractivity contribution in [1.29, 1.82) is 0 Å². The molecule has 44 heavy (non-hydrogen) atoms. The number of amides is 3. The fourth-order valence-corrected chi connectivity index (χ4v) is 6.36. The summed E-state index contributed by atoms with van der Waals surface area (Å²) in [6.45, 7) is 2.77. The van der Waals surface area contributed by atoms with E-state index in [1.54, 1.807) is 41.3 Å². The molecular formula is C32H30ClN7O4. The lowest BCUT2D eigenvalue weighted by Crippen LogP contribution is -2.44. The Morgan fingerprint density at radius 1 is 1.07 bits per heavy atom. The predicted octanol–water partition coefficient (Wildman–Crippen LogP) is 5.08. The molecule has 0 spiro atoms. The summed E-state index contributed by atoms with van der Waals surface area (Å²) in [5, 5.41) is 24.4.